The molecule has 0 N–H and O–H groups in total. The van der Waals surface area contributed by atoms with Gasteiger partial charge in [-0.2, -0.15) is 0 Å². The van der Waals surface area contributed by atoms with Gasteiger partial charge in [-0.25, -0.2) is 4.90 Å². The summed E-state index contributed by atoms with van der Waals surface area (Å²) in [5, 5.41) is 0.898. The molecule has 2 heterocycles. The number of aromatic nitrogens is 1. The second kappa shape index (κ2) is 4.17. The van der Waals surface area contributed by atoms with Gasteiger partial charge in [-0.15, -0.1) is 0 Å². The molecule has 2 aromatic rings. The predicted octanol–water partition coefficient (Wildman–Crippen LogP) is 2.65. The number of para-hydroxylation sites is 1. The minimum absolute atomic E-state index is 0.155. The van der Waals surface area contributed by atoms with Crippen LogP contribution in [0.1, 0.15) is 12.8 Å². The average molecular weight is 305 g/mol. The molecule has 1 aromatic carbocycles. The molecule has 0 radical (unpaired) electrons. The highest BCUT2D eigenvalue weighted by atomic mass is 79.9. The number of pyridine rings is 1. The molecule has 0 aliphatic carbocycles. The number of carbonyl (C=O) groups is 2. The van der Waals surface area contributed by atoms with Gasteiger partial charge < -0.3 is 0 Å². The molecule has 90 valence electrons. The molecule has 0 unspecified atom stereocenters. The van der Waals surface area contributed by atoms with Gasteiger partial charge in [0, 0.05) is 28.9 Å². The number of fused-ring (bicyclic) bond motifs is 1. The molecule has 1 aromatic heterocycles. The molecule has 18 heavy (non-hydrogen) atoms. The van der Waals surface area contributed by atoms with Crippen LogP contribution >= 0.6 is 15.9 Å². The van der Waals surface area contributed by atoms with Gasteiger partial charge in [-0.3, -0.25) is 14.6 Å². The van der Waals surface area contributed by atoms with Crippen LogP contribution in [0.4, 0.5) is 5.69 Å². The first-order valence-corrected chi connectivity index (χ1v) is 6.36. The maximum Gasteiger partial charge on any atom is 0.234 e. The molecule has 0 saturated carbocycles. The standard InChI is InChI=1S/C13H9BrN2O2/c14-9-6-8-2-1-3-10(13(8)15-7-9)16-11(17)4-5-12(16)18/h1-3,6-7H,4-5H2. The van der Waals surface area contributed by atoms with Crippen LogP contribution in [0, 0.1) is 0 Å². The van der Waals surface area contributed by atoms with Crippen molar-refractivity contribution >= 4 is 44.3 Å². The first-order chi connectivity index (χ1) is 8.66. The van der Waals surface area contributed by atoms with Gasteiger partial charge in [-0.05, 0) is 28.1 Å². The number of hydrogen-bond acceptors (Lipinski definition) is 3. The van der Waals surface area contributed by atoms with Gasteiger partial charge in [0.05, 0.1) is 11.2 Å². The van der Waals surface area contributed by atoms with Crippen molar-refractivity contribution in [1.29, 1.82) is 0 Å². The highest BCUT2D eigenvalue weighted by Gasteiger charge is 2.31. The largest absolute Gasteiger partial charge is 0.274 e. The zero-order chi connectivity index (χ0) is 12.7. The monoisotopic (exact) mass is 304 g/mol. The number of nitrogens with zero attached hydrogens (tertiary/aromatic N) is 2. The SMILES string of the molecule is O=C1CCC(=O)N1c1cccc2cc(Br)cnc12. The maximum atomic E-state index is 11.8. The third-order valence-corrected chi connectivity index (χ3v) is 3.38. The summed E-state index contributed by atoms with van der Waals surface area (Å²) < 4.78 is 0.867. The second-order valence-electron chi connectivity index (χ2n) is 4.13. The Bertz CT molecular complexity index is 653. The highest BCUT2D eigenvalue weighted by molar-refractivity contribution is 9.10. The molecule has 1 aliphatic heterocycles. The van der Waals surface area contributed by atoms with E-state index in [1.807, 2.05) is 18.2 Å². The fourth-order valence-corrected chi connectivity index (χ4v) is 2.49. The summed E-state index contributed by atoms with van der Waals surface area (Å²) in [5.41, 5.74) is 1.25. The molecule has 0 spiro atoms. The van der Waals surface area contributed by atoms with Gasteiger partial charge in [-0.1, -0.05) is 12.1 Å². The zero-order valence-electron chi connectivity index (χ0n) is 9.39. The summed E-state index contributed by atoms with van der Waals surface area (Å²) in [7, 11) is 0. The van der Waals surface area contributed by atoms with E-state index in [0.717, 1.165) is 9.86 Å². The quantitative estimate of drug-likeness (QED) is 0.761. The summed E-state index contributed by atoms with van der Waals surface area (Å²) in [6, 6.07) is 7.40. The Balaban J connectivity index is 2.23. The number of benzene rings is 1. The molecule has 2 amide bonds. The first kappa shape index (κ1) is 11.3. The molecule has 0 bridgehead atoms. The predicted molar refractivity (Wildman–Crippen MR) is 71.2 cm³/mol. The molecule has 0 atom stereocenters. The summed E-state index contributed by atoms with van der Waals surface area (Å²) in [4.78, 5) is 29.1. The lowest BCUT2D eigenvalue weighted by Gasteiger charge is -2.15. The van der Waals surface area contributed by atoms with Crippen molar-refractivity contribution in [2.75, 3.05) is 4.90 Å². The fourth-order valence-electron chi connectivity index (χ4n) is 2.14. The van der Waals surface area contributed by atoms with Crippen LogP contribution in [0.3, 0.4) is 0 Å². The highest BCUT2D eigenvalue weighted by Crippen LogP contribution is 2.30. The zero-order valence-corrected chi connectivity index (χ0v) is 11.0. The molecule has 5 heteroatoms. The molecule has 1 aliphatic rings. The molecular formula is C13H9BrN2O2. The van der Waals surface area contributed by atoms with Gasteiger partial charge in [0.2, 0.25) is 11.8 Å². The Morgan fingerprint density at radius 2 is 1.89 bits per heavy atom. The molecular weight excluding hydrogens is 296 g/mol. The van der Waals surface area contributed by atoms with Crippen LogP contribution < -0.4 is 4.90 Å². The van der Waals surface area contributed by atoms with Crippen molar-refractivity contribution in [3.05, 3.63) is 34.9 Å². The summed E-state index contributed by atoms with van der Waals surface area (Å²) in [5.74, 6) is -0.311. The number of imide groups is 1. The minimum Gasteiger partial charge on any atom is -0.274 e. The van der Waals surface area contributed by atoms with Crippen molar-refractivity contribution in [2.24, 2.45) is 0 Å². The van der Waals surface area contributed by atoms with Crippen molar-refractivity contribution in [1.82, 2.24) is 4.98 Å². The number of rotatable bonds is 1. The first-order valence-electron chi connectivity index (χ1n) is 5.57. The lowest BCUT2D eigenvalue weighted by molar-refractivity contribution is -0.121. The Morgan fingerprint density at radius 1 is 1.17 bits per heavy atom. The molecule has 1 fully saturated rings. The second-order valence-corrected chi connectivity index (χ2v) is 5.04. The normalized spacial score (nSPS) is 15.7. The topological polar surface area (TPSA) is 50.3 Å². The number of anilines is 1. The van der Waals surface area contributed by atoms with E-state index in [4.69, 9.17) is 0 Å². The Morgan fingerprint density at radius 3 is 2.61 bits per heavy atom. The Labute approximate surface area is 112 Å². The minimum atomic E-state index is -0.155. The van der Waals surface area contributed by atoms with Crippen LogP contribution in [0.2, 0.25) is 0 Å². The molecule has 4 nitrogen and oxygen atoms in total. The maximum absolute atomic E-state index is 11.8. The number of amides is 2. The van der Waals surface area contributed by atoms with E-state index in [1.165, 1.54) is 4.90 Å². The van der Waals surface area contributed by atoms with E-state index in [9.17, 15) is 9.59 Å². The van der Waals surface area contributed by atoms with Crippen LogP contribution in [-0.2, 0) is 9.59 Å². The van der Waals surface area contributed by atoms with E-state index in [2.05, 4.69) is 20.9 Å². The van der Waals surface area contributed by atoms with E-state index >= 15 is 0 Å². The van der Waals surface area contributed by atoms with E-state index < -0.39 is 0 Å². The summed E-state index contributed by atoms with van der Waals surface area (Å²) >= 11 is 3.35. The van der Waals surface area contributed by atoms with Gasteiger partial charge in [0.15, 0.2) is 0 Å². The average Bonchev–Trinajstić information content (AvgIpc) is 2.68. The molecule has 1 saturated heterocycles. The molecule has 3 rings (SSSR count). The van der Waals surface area contributed by atoms with Crippen molar-refractivity contribution < 1.29 is 9.59 Å². The lowest BCUT2D eigenvalue weighted by Crippen LogP contribution is -2.28. The van der Waals surface area contributed by atoms with E-state index in [0.29, 0.717) is 11.2 Å². The summed E-state index contributed by atoms with van der Waals surface area (Å²) in [6.07, 6.45) is 2.23. The van der Waals surface area contributed by atoms with Crippen LogP contribution in [0.15, 0.2) is 34.9 Å². The Hall–Kier alpha value is -1.75. The van der Waals surface area contributed by atoms with Gasteiger partial charge >= 0.3 is 0 Å². The van der Waals surface area contributed by atoms with Crippen LogP contribution in [-0.4, -0.2) is 16.8 Å². The van der Waals surface area contributed by atoms with Crippen LogP contribution in [0.25, 0.3) is 10.9 Å². The smallest absolute Gasteiger partial charge is 0.234 e. The van der Waals surface area contributed by atoms with Gasteiger partial charge in [0.1, 0.15) is 0 Å². The number of carbonyl (C=O) groups excluding carboxylic acids is 2. The lowest BCUT2D eigenvalue weighted by atomic mass is 10.2. The van der Waals surface area contributed by atoms with Crippen LogP contribution in [0.5, 0.6) is 0 Å². The van der Waals surface area contributed by atoms with E-state index in [1.54, 1.807) is 12.3 Å². The third kappa shape index (κ3) is 1.71. The number of hydrogen-bond donors (Lipinski definition) is 0. The number of halogens is 1. The van der Waals surface area contributed by atoms with Crippen molar-refractivity contribution in [3.63, 3.8) is 0 Å². The van der Waals surface area contributed by atoms with Crippen molar-refractivity contribution in [2.45, 2.75) is 12.8 Å². The van der Waals surface area contributed by atoms with E-state index in [-0.39, 0.29) is 24.7 Å². The van der Waals surface area contributed by atoms with Crippen molar-refractivity contribution in [3.8, 4) is 0 Å². The third-order valence-electron chi connectivity index (χ3n) is 2.95. The Kier molecular flexibility index (Phi) is 2.63. The fraction of sp³-hybridized carbons (Fsp3) is 0.154. The van der Waals surface area contributed by atoms with Gasteiger partial charge in [0.25, 0.3) is 0 Å². The summed E-state index contributed by atoms with van der Waals surface area (Å²) in [6.45, 7) is 0.